The molecule has 1 aliphatic rings. The van der Waals surface area contributed by atoms with Gasteiger partial charge in [0.2, 0.25) is 0 Å². The highest BCUT2D eigenvalue weighted by atomic mass is 16.5. The van der Waals surface area contributed by atoms with Gasteiger partial charge in [0.1, 0.15) is 6.61 Å². The lowest BCUT2D eigenvalue weighted by Gasteiger charge is -2.15. The van der Waals surface area contributed by atoms with Crippen LogP contribution in [0.25, 0.3) is 0 Å². The number of hydrogen-bond acceptors (Lipinski definition) is 5. The molecule has 0 aliphatic carbocycles. The maximum atomic E-state index is 12.6. The summed E-state index contributed by atoms with van der Waals surface area (Å²) in [5, 5.41) is 0. The molecule has 1 heterocycles. The lowest BCUT2D eigenvalue weighted by atomic mass is 9.96. The average molecular weight is 353 g/mol. The third-order valence-corrected chi connectivity index (χ3v) is 4.68. The fourth-order valence-electron chi connectivity index (χ4n) is 3.32. The second kappa shape index (κ2) is 8.63. The summed E-state index contributed by atoms with van der Waals surface area (Å²) in [4.78, 5) is 26.8. The first-order valence-electron chi connectivity index (χ1n) is 8.72. The molecule has 0 bridgehead atoms. The molecule has 1 saturated heterocycles. The Bertz CT molecular complexity index is 732. The highest BCUT2D eigenvalue weighted by Crippen LogP contribution is 2.27. The van der Waals surface area contributed by atoms with Crippen LogP contribution >= 0.6 is 0 Å². The van der Waals surface area contributed by atoms with Gasteiger partial charge in [-0.3, -0.25) is 14.5 Å². The second-order valence-corrected chi connectivity index (χ2v) is 6.51. The molecular weight excluding hydrogens is 330 g/mol. The maximum absolute atomic E-state index is 12.6. The molecule has 2 aromatic carbocycles. The number of methoxy groups -OCH3 is 1. The van der Waals surface area contributed by atoms with Gasteiger partial charge < -0.3 is 9.47 Å². The van der Waals surface area contributed by atoms with Crippen molar-refractivity contribution in [2.24, 2.45) is 11.8 Å². The van der Waals surface area contributed by atoms with Crippen molar-refractivity contribution < 1.29 is 19.1 Å². The molecule has 1 fully saturated rings. The molecule has 5 heteroatoms. The number of likely N-dealkylation sites (tertiary alicyclic amines) is 1. The van der Waals surface area contributed by atoms with E-state index in [2.05, 4.69) is 4.90 Å². The Morgan fingerprint density at radius 3 is 2.00 bits per heavy atom. The van der Waals surface area contributed by atoms with Crippen LogP contribution in [0.4, 0.5) is 0 Å². The average Bonchev–Trinajstić information content (AvgIpc) is 3.11. The van der Waals surface area contributed by atoms with Crippen LogP contribution in [0.2, 0.25) is 0 Å². The van der Waals surface area contributed by atoms with Crippen LogP contribution in [-0.4, -0.2) is 37.0 Å². The summed E-state index contributed by atoms with van der Waals surface area (Å²) in [5.74, 6) is -1.70. The lowest BCUT2D eigenvalue weighted by molar-refractivity contribution is -0.157. The number of hydrogen-bond donors (Lipinski definition) is 0. The van der Waals surface area contributed by atoms with Crippen molar-refractivity contribution in [2.75, 3.05) is 20.2 Å². The van der Waals surface area contributed by atoms with Gasteiger partial charge in [0, 0.05) is 19.6 Å². The van der Waals surface area contributed by atoms with Gasteiger partial charge in [-0.25, -0.2) is 0 Å². The van der Waals surface area contributed by atoms with Gasteiger partial charge in [-0.05, 0) is 11.1 Å². The van der Waals surface area contributed by atoms with Gasteiger partial charge in [-0.15, -0.1) is 0 Å². The van der Waals surface area contributed by atoms with Crippen LogP contribution in [0.5, 0.6) is 0 Å². The van der Waals surface area contributed by atoms with Crippen LogP contribution in [0, 0.1) is 11.8 Å². The minimum absolute atomic E-state index is 0.211. The zero-order valence-corrected chi connectivity index (χ0v) is 14.8. The van der Waals surface area contributed by atoms with E-state index in [4.69, 9.17) is 9.47 Å². The predicted octanol–water partition coefficient (Wildman–Crippen LogP) is 2.65. The molecule has 0 amide bonds. The first-order chi connectivity index (χ1) is 12.7. The summed E-state index contributed by atoms with van der Waals surface area (Å²) < 4.78 is 10.4. The van der Waals surface area contributed by atoms with E-state index in [9.17, 15) is 9.59 Å². The maximum Gasteiger partial charge on any atom is 0.311 e. The molecular formula is C21H23NO4. The lowest BCUT2D eigenvalue weighted by Crippen LogP contribution is -2.30. The number of benzene rings is 2. The molecule has 1 aliphatic heterocycles. The topological polar surface area (TPSA) is 55.8 Å². The minimum atomic E-state index is -0.505. The van der Waals surface area contributed by atoms with Crippen LogP contribution in [0.1, 0.15) is 11.1 Å². The normalized spacial score (nSPS) is 19.9. The molecule has 2 atom stereocenters. The number of carbonyl (C=O) groups excluding carboxylic acids is 2. The second-order valence-electron chi connectivity index (χ2n) is 6.51. The van der Waals surface area contributed by atoms with Gasteiger partial charge >= 0.3 is 11.9 Å². The first-order valence-corrected chi connectivity index (χ1v) is 8.72. The van der Waals surface area contributed by atoms with Crippen molar-refractivity contribution in [2.45, 2.75) is 13.2 Å². The van der Waals surface area contributed by atoms with E-state index in [1.54, 1.807) is 0 Å². The Morgan fingerprint density at radius 1 is 0.885 bits per heavy atom. The zero-order chi connectivity index (χ0) is 18.4. The molecule has 26 heavy (non-hydrogen) atoms. The van der Waals surface area contributed by atoms with Gasteiger partial charge in [-0.2, -0.15) is 0 Å². The van der Waals surface area contributed by atoms with Crippen molar-refractivity contribution in [1.82, 2.24) is 4.90 Å². The molecule has 0 radical (unpaired) electrons. The number of esters is 2. The SMILES string of the molecule is COC(=O)[C@H]1CN(Cc2ccccc2)C[C@H]1C(=O)OCc1ccccc1. The van der Waals surface area contributed by atoms with Gasteiger partial charge in [0.25, 0.3) is 0 Å². The van der Waals surface area contributed by atoms with E-state index in [-0.39, 0.29) is 18.5 Å². The molecule has 0 N–H and O–H groups in total. The highest BCUT2D eigenvalue weighted by Gasteiger charge is 2.43. The smallest absolute Gasteiger partial charge is 0.311 e. The summed E-state index contributed by atoms with van der Waals surface area (Å²) in [6.07, 6.45) is 0. The van der Waals surface area contributed by atoms with Gasteiger partial charge in [0.05, 0.1) is 18.9 Å². The molecule has 136 valence electrons. The number of ether oxygens (including phenoxy) is 2. The Balaban J connectivity index is 1.64. The van der Waals surface area contributed by atoms with Crippen molar-refractivity contribution >= 4 is 11.9 Å². The van der Waals surface area contributed by atoms with E-state index in [1.807, 2.05) is 60.7 Å². The summed E-state index contributed by atoms with van der Waals surface area (Å²) in [6, 6.07) is 19.5. The predicted molar refractivity (Wildman–Crippen MR) is 97.0 cm³/mol. The Labute approximate surface area is 153 Å². The molecule has 0 unspecified atom stereocenters. The standard InChI is InChI=1S/C21H23NO4/c1-25-20(23)18-13-22(12-16-8-4-2-5-9-16)14-19(18)21(24)26-15-17-10-6-3-7-11-17/h2-11,18-19H,12-15H2,1H3/t18-,19+/m0/s1. The summed E-state index contributed by atoms with van der Waals surface area (Å²) >= 11 is 0. The van der Waals surface area contributed by atoms with Crippen LogP contribution in [0.15, 0.2) is 60.7 Å². The van der Waals surface area contributed by atoms with Crippen molar-refractivity contribution in [3.63, 3.8) is 0 Å². The quantitative estimate of drug-likeness (QED) is 0.748. The van der Waals surface area contributed by atoms with E-state index < -0.39 is 11.8 Å². The molecule has 0 spiro atoms. The van der Waals surface area contributed by atoms with Crippen LogP contribution in [0.3, 0.4) is 0 Å². The van der Waals surface area contributed by atoms with Gasteiger partial charge in [-0.1, -0.05) is 60.7 Å². The van der Waals surface area contributed by atoms with E-state index in [1.165, 1.54) is 7.11 Å². The Kier molecular flexibility index (Phi) is 6.02. The van der Waals surface area contributed by atoms with Crippen LogP contribution in [-0.2, 0) is 32.2 Å². The van der Waals surface area contributed by atoms with Gasteiger partial charge in [0.15, 0.2) is 0 Å². The van der Waals surface area contributed by atoms with Crippen molar-refractivity contribution in [3.8, 4) is 0 Å². The molecule has 0 saturated carbocycles. The van der Waals surface area contributed by atoms with E-state index >= 15 is 0 Å². The summed E-state index contributed by atoms with van der Waals surface area (Å²) in [6.45, 7) is 1.88. The molecule has 5 nitrogen and oxygen atoms in total. The summed E-state index contributed by atoms with van der Waals surface area (Å²) in [5.41, 5.74) is 2.07. The minimum Gasteiger partial charge on any atom is -0.469 e. The van der Waals surface area contributed by atoms with E-state index in [0.29, 0.717) is 19.6 Å². The third-order valence-electron chi connectivity index (χ3n) is 4.68. The Morgan fingerprint density at radius 2 is 1.42 bits per heavy atom. The number of carbonyl (C=O) groups is 2. The number of rotatable bonds is 6. The third kappa shape index (κ3) is 4.49. The van der Waals surface area contributed by atoms with Crippen molar-refractivity contribution in [3.05, 3.63) is 71.8 Å². The Hall–Kier alpha value is -2.66. The summed E-state index contributed by atoms with van der Waals surface area (Å²) in [7, 11) is 1.36. The zero-order valence-electron chi connectivity index (χ0n) is 14.8. The van der Waals surface area contributed by atoms with E-state index in [0.717, 1.165) is 11.1 Å². The fraction of sp³-hybridized carbons (Fsp3) is 0.333. The largest absolute Gasteiger partial charge is 0.469 e. The fourth-order valence-corrected chi connectivity index (χ4v) is 3.32. The first kappa shape index (κ1) is 18.1. The molecule has 3 rings (SSSR count). The molecule has 0 aromatic heterocycles. The molecule has 2 aromatic rings. The van der Waals surface area contributed by atoms with Crippen LogP contribution < -0.4 is 0 Å². The monoisotopic (exact) mass is 353 g/mol. The number of nitrogens with zero attached hydrogens (tertiary/aromatic N) is 1. The van der Waals surface area contributed by atoms with Crippen molar-refractivity contribution in [1.29, 1.82) is 0 Å². The highest BCUT2D eigenvalue weighted by molar-refractivity contribution is 5.83.